The highest BCUT2D eigenvalue weighted by molar-refractivity contribution is 6.38. The number of nitrogens with one attached hydrogen (secondary N) is 1. The van der Waals surface area contributed by atoms with Gasteiger partial charge in [-0.05, 0) is 12.3 Å². The summed E-state index contributed by atoms with van der Waals surface area (Å²) in [5, 5.41) is 8.62. The number of nitrogens with two attached hydrogens (primary N) is 2. The molecule has 0 heterocycles. The van der Waals surface area contributed by atoms with Gasteiger partial charge in [0, 0.05) is 12.3 Å². The summed E-state index contributed by atoms with van der Waals surface area (Å²) in [5.74, 6) is -2.93. The molecule has 0 aromatic rings. The number of hydroxylamine groups is 1. The van der Waals surface area contributed by atoms with Crippen LogP contribution in [0.25, 0.3) is 0 Å². The van der Waals surface area contributed by atoms with Gasteiger partial charge in [0.1, 0.15) is 0 Å². The summed E-state index contributed by atoms with van der Waals surface area (Å²) in [4.78, 5) is 37.7. The van der Waals surface area contributed by atoms with Gasteiger partial charge in [0.15, 0.2) is 5.84 Å². The van der Waals surface area contributed by atoms with Crippen LogP contribution in [0.1, 0.15) is 57.8 Å². The van der Waals surface area contributed by atoms with Gasteiger partial charge in [-0.2, -0.15) is 4.99 Å². The van der Waals surface area contributed by atoms with Crippen LogP contribution < -0.4 is 16.9 Å². The Morgan fingerprint density at radius 3 is 2.39 bits per heavy atom. The predicted molar refractivity (Wildman–Crippen MR) is 84.3 cm³/mol. The molecule has 130 valence electrons. The molecule has 0 aliphatic heterocycles. The first-order valence-corrected chi connectivity index (χ1v) is 8.04. The zero-order chi connectivity index (χ0) is 17.2. The van der Waals surface area contributed by atoms with Gasteiger partial charge in [-0.15, -0.1) is 0 Å². The molecule has 0 bridgehead atoms. The Hall–Kier alpha value is -1.96. The van der Waals surface area contributed by atoms with Crippen molar-refractivity contribution in [2.24, 2.45) is 28.3 Å². The Morgan fingerprint density at radius 2 is 1.83 bits per heavy atom. The summed E-state index contributed by atoms with van der Waals surface area (Å²) in [6.45, 7) is 0. The first-order chi connectivity index (χ1) is 10.9. The molecule has 8 heteroatoms. The summed E-state index contributed by atoms with van der Waals surface area (Å²) in [6.07, 6.45) is 8.25. The number of aliphatic imine (C=N–C) groups is 1. The van der Waals surface area contributed by atoms with Crippen LogP contribution in [0.4, 0.5) is 0 Å². The minimum atomic E-state index is -0.981. The van der Waals surface area contributed by atoms with E-state index in [1.54, 1.807) is 0 Å². The van der Waals surface area contributed by atoms with E-state index in [4.69, 9.17) is 16.7 Å². The van der Waals surface area contributed by atoms with E-state index < -0.39 is 29.5 Å². The molecule has 1 fully saturated rings. The van der Waals surface area contributed by atoms with Crippen molar-refractivity contribution in [3.63, 3.8) is 0 Å². The van der Waals surface area contributed by atoms with E-state index in [1.165, 1.54) is 37.6 Å². The lowest BCUT2D eigenvalue weighted by atomic mass is 9.84. The molecule has 0 saturated heterocycles. The number of rotatable bonds is 7. The van der Waals surface area contributed by atoms with Crippen molar-refractivity contribution < 1.29 is 19.6 Å². The average molecular weight is 326 g/mol. The normalized spacial score (nSPS) is 17.5. The minimum absolute atomic E-state index is 0.199. The summed E-state index contributed by atoms with van der Waals surface area (Å²) >= 11 is 0. The van der Waals surface area contributed by atoms with Crippen LogP contribution in [-0.4, -0.2) is 28.8 Å². The number of carbonyl (C=O) groups is 3. The highest BCUT2D eigenvalue weighted by Crippen LogP contribution is 2.28. The molecule has 1 rings (SSSR count). The molecular formula is C15H26N4O4. The third-order valence-electron chi connectivity index (χ3n) is 4.28. The van der Waals surface area contributed by atoms with E-state index in [1.807, 2.05) is 0 Å². The SMILES string of the molecule is NC(=O)C(N)=NC(=O)C(CCCC1CCCCC1)CC(=O)NO. The maximum atomic E-state index is 12.1. The predicted octanol–water partition coefficient (Wildman–Crippen LogP) is 0.618. The van der Waals surface area contributed by atoms with Crippen molar-refractivity contribution >= 4 is 23.6 Å². The molecule has 3 amide bonds. The Bertz CT molecular complexity index is 458. The van der Waals surface area contributed by atoms with E-state index >= 15 is 0 Å². The van der Waals surface area contributed by atoms with E-state index in [9.17, 15) is 14.4 Å². The molecule has 1 atom stereocenters. The minimum Gasteiger partial charge on any atom is -0.379 e. The Labute approximate surface area is 135 Å². The fourth-order valence-corrected chi connectivity index (χ4v) is 2.98. The molecule has 0 aromatic carbocycles. The van der Waals surface area contributed by atoms with Gasteiger partial charge >= 0.3 is 0 Å². The average Bonchev–Trinajstić information content (AvgIpc) is 2.54. The highest BCUT2D eigenvalue weighted by Gasteiger charge is 2.23. The number of hydrogen-bond donors (Lipinski definition) is 4. The number of hydrogen-bond acceptors (Lipinski definition) is 4. The van der Waals surface area contributed by atoms with Crippen LogP contribution in [0.3, 0.4) is 0 Å². The number of nitrogens with zero attached hydrogens (tertiary/aromatic N) is 1. The summed E-state index contributed by atoms with van der Waals surface area (Å²) < 4.78 is 0. The topological polar surface area (TPSA) is 148 Å². The Balaban J connectivity index is 2.56. The second-order valence-corrected chi connectivity index (χ2v) is 6.07. The summed E-state index contributed by atoms with van der Waals surface area (Å²) in [7, 11) is 0. The van der Waals surface area contributed by atoms with E-state index in [2.05, 4.69) is 4.99 Å². The quantitative estimate of drug-likeness (QED) is 0.234. The van der Waals surface area contributed by atoms with Gasteiger partial charge in [-0.3, -0.25) is 19.6 Å². The standard InChI is InChI=1S/C15H26N4O4/c16-13(14(17)21)18-15(22)11(9-12(20)19-23)8-4-7-10-5-2-1-3-6-10/h10-11,23H,1-9H2,(H2,17,21)(H,19,20)(H2,16,18,22). The fourth-order valence-electron chi connectivity index (χ4n) is 2.98. The molecule has 0 spiro atoms. The molecule has 1 aliphatic carbocycles. The van der Waals surface area contributed by atoms with E-state index in [0.29, 0.717) is 12.3 Å². The number of amidine groups is 1. The molecule has 1 saturated carbocycles. The van der Waals surface area contributed by atoms with Gasteiger partial charge < -0.3 is 11.5 Å². The maximum Gasteiger partial charge on any atom is 0.284 e. The first kappa shape index (κ1) is 19.1. The number of primary amides is 1. The molecule has 1 aliphatic rings. The molecule has 6 N–H and O–H groups in total. The van der Waals surface area contributed by atoms with Crippen molar-refractivity contribution in [1.82, 2.24) is 5.48 Å². The maximum absolute atomic E-state index is 12.1. The lowest BCUT2D eigenvalue weighted by Crippen LogP contribution is -2.33. The van der Waals surface area contributed by atoms with Crippen molar-refractivity contribution in [1.29, 1.82) is 0 Å². The highest BCUT2D eigenvalue weighted by atomic mass is 16.5. The Kier molecular flexibility index (Phi) is 8.25. The van der Waals surface area contributed by atoms with Crippen LogP contribution in [0.2, 0.25) is 0 Å². The number of amides is 3. The molecule has 0 aromatic heterocycles. The largest absolute Gasteiger partial charge is 0.379 e. The third kappa shape index (κ3) is 7.23. The van der Waals surface area contributed by atoms with Crippen LogP contribution in [-0.2, 0) is 14.4 Å². The first-order valence-electron chi connectivity index (χ1n) is 8.04. The lowest BCUT2D eigenvalue weighted by molar-refractivity contribution is -0.133. The van der Waals surface area contributed by atoms with Crippen LogP contribution >= 0.6 is 0 Å². The summed E-state index contributed by atoms with van der Waals surface area (Å²) in [6, 6.07) is 0. The smallest absolute Gasteiger partial charge is 0.284 e. The van der Waals surface area contributed by atoms with Crippen molar-refractivity contribution in [2.45, 2.75) is 57.8 Å². The van der Waals surface area contributed by atoms with E-state index in [0.717, 1.165) is 12.8 Å². The van der Waals surface area contributed by atoms with Crippen molar-refractivity contribution in [2.75, 3.05) is 0 Å². The molecule has 1 unspecified atom stereocenters. The van der Waals surface area contributed by atoms with Gasteiger partial charge in [-0.25, -0.2) is 5.48 Å². The zero-order valence-electron chi connectivity index (χ0n) is 13.3. The van der Waals surface area contributed by atoms with Gasteiger partial charge in [-0.1, -0.05) is 44.9 Å². The molecule has 0 radical (unpaired) electrons. The van der Waals surface area contributed by atoms with Crippen molar-refractivity contribution in [3.05, 3.63) is 0 Å². The monoisotopic (exact) mass is 326 g/mol. The van der Waals surface area contributed by atoms with Crippen LogP contribution in [0.15, 0.2) is 4.99 Å². The molecular weight excluding hydrogens is 300 g/mol. The molecule has 23 heavy (non-hydrogen) atoms. The van der Waals surface area contributed by atoms with E-state index in [-0.39, 0.29) is 6.42 Å². The van der Waals surface area contributed by atoms with Gasteiger partial charge in [0.05, 0.1) is 0 Å². The number of carbonyl (C=O) groups excluding carboxylic acids is 3. The Morgan fingerprint density at radius 1 is 1.17 bits per heavy atom. The zero-order valence-corrected chi connectivity index (χ0v) is 13.3. The van der Waals surface area contributed by atoms with Gasteiger partial charge in [0.25, 0.3) is 11.8 Å². The summed E-state index contributed by atoms with van der Waals surface area (Å²) in [5.41, 5.74) is 11.7. The third-order valence-corrected chi connectivity index (χ3v) is 4.28. The van der Waals surface area contributed by atoms with Gasteiger partial charge in [0.2, 0.25) is 5.91 Å². The second kappa shape index (κ2) is 9.94. The second-order valence-electron chi connectivity index (χ2n) is 6.07. The lowest BCUT2D eigenvalue weighted by Gasteiger charge is -2.22. The van der Waals surface area contributed by atoms with Crippen molar-refractivity contribution in [3.8, 4) is 0 Å². The molecule has 8 nitrogen and oxygen atoms in total. The fraction of sp³-hybridized carbons (Fsp3) is 0.733. The van der Waals surface area contributed by atoms with Crippen LogP contribution in [0, 0.1) is 11.8 Å². The van der Waals surface area contributed by atoms with Crippen LogP contribution in [0.5, 0.6) is 0 Å².